The molecule has 1 saturated carbocycles. The van der Waals surface area contributed by atoms with Gasteiger partial charge in [0.25, 0.3) is 5.89 Å². The van der Waals surface area contributed by atoms with Crippen molar-refractivity contribution in [3.8, 4) is 11.7 Å². The molecule has 5 rings (SSSR count). The summed E-state index contributed by atoms with van der Waals surface area (Å²) in [6.45, 7) is 7.15. The predicted octanol–water partition coefficient (Wildman–Crippen LogP) is 1.76. The number of sulfonamides is 1. The number of pyridine rings is 1. The fourth-order valence-electron chi connectivity index (χ4n) is 4.09. The fourth-order valence-corrected chi connectivity index (χ4v) is 5.57. The van der Waals surface area contributed by atoms with Gasteiger partial charge in [-0.3, -0.25) is 4.40 Å². The van der Waals surface area contributed by atoms with Crippen LogP contribution in [0.3, 0.4) is 0 Å². The van der Waals surface area contributed by atoms with Crippen molar-refractivity contribution in [2.45, 2.75) is 56.2 Å². The van der Waals surface area contributed by atoms with Crippen molar-refractivity contribution in [1.82, 2.24) is 24.3 Å². The number of nitrogens with zero attached hydrogens (tertiary/aromatic N) is 5. The highest BCUT2D eigenvalue weighted by Gasteiger charge is 2.41. The molecule has 1 aliphatic heterocycles. The predicted molar refractivity (Wildman–Crippen MR) is 120 cm³/mol. The van der Waals surface area contributed by atoms with E-state index in [2.05, 4.69) is 24.8 Å². The van der Waals surface area contributed by atoms with Gasteiger partial charge < -0.3 is 18.8 Å². The molecule has 1 N–H and O–H groups in total. The van der Waals surface area contributed by atoms with E-state index in [4.69, 9.17) is 13.9 Å². The van der Waals surface area contributed by atoms with Crippen LogP contribution in [0.25, 0.3) is 17.2 Å². The smallest absolute Gasteiger partial charge is 0.284 e. The number of fused-ring (bicyclic) bond motifs is 1. The Kier molecular flexibility index (Phi) is 5.43. The molecule has 12 heteroatoms. The van der Waals surface area contributed by atoms with Gasteiger partial charge in [-0.05, 0) is 32.8 Å². The number of anilines is 1. The Morgan fingerprint density at radius 2 is 2.12 bits per heavy atom. The van der Waals surface area contributed by atoms with Gasteiger partial charge in [0.2, 0.25) is 21.7 Å². The summed E-state index contributed by atoms with van der Waals surface area (Å²) in [5.41, 5.74) is 1.08. The van der Waals surface area contributed by atoms with E-state index in [0.29, 0.717) is 31.5 Å². The molecule has 0 radical (unpaired) electrons. The number of aromatic nitrogens is 4. The second-order valence-corrected chi connectivity index (χ2v) is 10.8. The first-order chi connectivity index (χ1) is 15.7. The molecule has 0 amide bonds. The van der Waals surface area contributed by atoms with Crippen molar-refractivity contribution in [2.24, 2.45) is 0 Å². The molecule has 1 aliphatic carbocycles. The second-order valence-electron chi connectivity index (χ2n) is 9.10. The molecule has 3 aromatic rings. The van der Waals surface area contributed by atoms with E-state index in [1.165, 1.54) is 0 Å². The van der Waals surface area contributed by atoms with E-state index in [1.807, 2.05) is 13.8 Å². The maximum Gasteiger partial charge on any atom is 0.284 e. The molecule has 0 bridgehead atoms. The molecule has 1 saturated heterocycles. The highest BCUT2D eigenvalue weighted by atomic mass is 32.2. The van der Waals surface area contributed by atoms with Gasteiger partial charge in [0, 0.05) is 38.4 Å². The standard InChI is InChI=1S/C21H28N6O5S/c1-13-11-31-15(12-30-4)9-26(13)17-7-16(33(28,29)25-21(3)5-6-21)10-27-18(17)8-22-19(27)20-24-23-14(2)32-20/h7-8,10,13,15,25H,5-6,9,11-12H2,1-4H3/t13-,15+/m0/s1. The SMILES string of the molecule is COC[C@H]1CN(c2cc(S(=O)(=O)NC3(C)CC3)cn3c(-c4nnc(C)o4)ncc23)[C@@H](C)CO1. The summed E-state index contributed by atoms with van der Waals surface area (Å²) in [5.74, 6) is 1.01. The van der Waals surface area contributed by atoms with Gasteiger partial charge in [-0.15, -0.1) is 10.2 Å². The number of aryl methyl sites for hydroxylation is 1. The third-order valence-electron chi connectivity index (χ3n) is 6.17. The van der Waals surface area contributed by atoms with Crippen LogP contribution in [0.4, 0.5) is 5.69 Å². The molecule has 4 heterocycles. The van der Waals surface area contributed by atoms with Crippen molar-refractivity contribution in [3.63, 3.8) is 0 Å². The molecule has 3 aromatic heterocycles. The van der Waals surface area contributed by atoms with E-state index in [9.17, 15) is 8.42 Å². The molecule has 2 aliphatic rings. The number of ether oxygens (including phenoxy) is 2. The minimum absolute atomic E-state index is 0.0257. The number of imidazole rings is 1. The van der Waals surface area contributed by atoms with Crippen LogP contribution in [0.2, 0.25) is 0 Å². The van der Waals surface area contributed by atoms with Crippen LogP contribution < -0.4 is 9.62 Å². The summed E-state index contributed by atoms with van der Waals surface area (Å²) in [6.07, 6.45) is 4.77. The van der Waals surface area contributed by atoms with E-state index >= 15 is 0 Å². The normalized spacial score (nSPS) is 22.7. The van der Waals surface area contributed by atoms with Crippen molar-refractivity contribution < 1.29 is 22.3 Å². The van der Waals surface area contributed by atoms with Crippen LogP contribution in [0, 0.1) is 6.92 Å². The van der Waals surface area contributed by atoms with Gasteiger partial charge >= 0.3 is 0 Å². The first-order valence-electron chi connectivity index (χ1n) is 10.9. The number of methoxy groups -OCH3 is 1. The fraction of sp³-hybridized carbons (Fsp3) is 0.571. The molecular formula is C21H28N6O5S. The Labute approximate surface area is 192 Å². The van der Waals surface area contributed by atoms with E-state index in [0.717, 1.165) is 24.0 Å². The van der Waals surface area contributed by atoms with Crippen molar-refractivity contribution in [3.05, 3.63) is 24.4 Å². The third-order valence-corrected chi connectivity index (χ3v) is 7.78. The third kappa shape index (κ3) is 4.23. The van der Waals surface area contributed by atoms with Crippen molar-refractivity contribution in [1.29, 1.82) is 0 Å². The molecule has 11 nitrogen and oxygen atoms in total. The Balaban J connectivity index is 1.66. The lowest BCUT2D eigenvalue weighted by atomic mass is 10.1. The molecule has 0 spiro atoms. The average Bonchev–Trinajstić information content (AvgIpc) is 3.13. The van der Waals surface area contributed by atoms with Gasteiger partial charge in [-0.25, -0.2) is 18.1 Å². The molecule has 178 valence electrons. The van der Waals surface area contributed by atoms with Crippen LogP contribution >= 0.6 is 0 Å². The van der Waals surface area contributed by atoms with Gasteiger partial charge in [0.15, 0.2) is 0 Å². The second kappa shape index (κ2) is 8.05. The Morgan fingerprint density at radius 1 is 1.33 bits per heavy atom. The van der Waals surface area contributed by atoms with E-state index in [-0.39, 0.29) is 22.9 Å². The lowest BCUT2D eigenvalue weighted by Crippen LogP contribution is -2.50. The summed E-state index contributed by atoms with van der Waals surface area (Å²) >= 11 is 0. The number of hydrogen-bond acceptors (Lipinski definition) is 9. The molecule has 2 atom stereocenters. The molecule has 0 aromatic carbocycles. The number of rotatable bonds is 7. The van der Waals surface area contributed by atoms with Crippen LogP contribution in [0.1, 0.15) is 32.6 Å². The first kappa shape index (κ1) is 22.3. The first-order valence-corrected chi connectivity index (χ1v) is 12.4. The Hall–Kier alpha value is -2.54. The zero-order valence-electron chi connectivity index (χ0n) is 19.1. The Morgan fingerprint density at radius 3 is 2.79 bits per heavy atom. The van der Waals surface area contributed by atoms with Crippen molar-refractivity contribution in [2.75, 3.05) is 31.8 Å². The minimum Gasteiger partial charge on any atom is -0.419 e. The lowest BCUT2D eigenvalue weighted by molar-refractivity contribution is -0.0221. The number of morpholine rings is 1. The van der Waals surface area contributed by atoms with E-state index in [1.54, 1.807) is 36.9 Å². The topological polar surface area (TPSA) is 124 Å². The maximum absolute atomic E-state index is 13.3. The van der Waals surface area contributed by atoms with Crippen LogP contribution in [-0.2, 0) is 19.5 Å². The molecule has 33 heavy (non-hydrogen) atoms. The zero-order valence-corrected chi connectivity index (χ0v) is 19.9. The highest BCUT2D eigenvalue weighted by molar-refractivity contribution is 7.89. The van der Waals surface area contributed by atoms with Gasteiger partial charge in [-0.1, -0.05) is 0 Å². The number of hydrogen-bond donors (Lipinski definition) is 1. The van der Waals surface area contributed by atoms with Crippen LogP contribution in [0.15, 0.2) is 27.8 Å². The largest absolute Gasteiger partial charge is 0.419 e. The summed E-state index contributed by atoms with van der Waals surface area (Å²) in [6, 6.07) is 1.73. The minimum atomic E-state index is -3.77. The van der Waals surface area contributed by atoms with E-state index < -0.39 is 15.6 Å². The van der Waals surface area contributed by atoms with Crippen LogP contribution in [0.5, 0.6) is 0 Å². The molecular weight excluding hydrogens is 448 g/mol. The monoisotopic (exact) mass is 476 g/mol. The average molecular weight is 477 g/mol. The van der Waals surface area contributed by atoms with Gasteiger partial charge in [0.05, 0.1) is 36.7 Å². The summed E-state index contributed by atoms with van der Waals surface area (Å²) in [4.78, 5) is 6.79. The zero-order chi connectivity index (χ0) is 23.4. The van der Waals surface area contributed by atoms with Gasteiger partial charge in [-0.2, -0.15) is 0 Å². The summed E-state index contributed by atoms with van der Waals surface area (Å²) < 4.78 is 48.0. The lowest BCUT2D eigenvalue weighted by Gasteiger charge is -2.39. The number of nitrogens with one attached hydrogen (secondary N) is 1. The Bertz CT molecular complexity index is 1280. The van der Waals surface area contributed by atoms with Gasteiger partial charge in [0.1, 0.15) is 4.90 Å². The summed E-state index contributed by atoms with van der Waals surface area (Å²) in [7, 11) is -2.13. The van der Waals surface area contributed by atoms with Crippen molar-refractivity contribution >= 4 is 21.2 Å². The maximum atomic E-state index is 13.3. The quantitative estimate of drug-likeness (QED) is 0.543. The van der Waals surface area contributed by atoms with Crippen LogP contribution in [-0.4, -0.2) is 72.6 Å². The molecule has 2 fully saturated rings. The summed E-state index contributed by atoms with van der Waals surface area (Å²) in [5, 5.41) is 7.97. The molecule has 0 unspecified atom stereocenters. The highest BCUT2D eigenvalue weighted by Crippen LogP contribution is 2.37.